The molecule has 0 N–H and O–H groups in total. The van der Waals surface area contributed by atoms with Crippen molar-refractivity contribution >= 4 is 17.2 Å². The lowest BCUT2D eigenvalue weighted by molar-refractivity contribution is 0.604. The summed E-state index contributed by atoms with van der Waals surface area (Å²) >= 11 is 0. The van der Waals surface area contributed by atoms with Gasteiger partial charge in [-0.05, 0) is 0 Å². The average Bonchev–Trinajstić information content (AvgIpc) is 1.41. The van der Waals surface area contributed by atoms with Crippen molar-refractivity contribution in [2.75, 3.05) is 0 Å². The Morgan fingerprint density at radius 3 is 2.60 bits per heavy atom. The Bertz CT molecular complexity index is 30.8. The van der Waals surface area contributed by atoms with E-state index in [0.29, 0.717) is 8.01 Å². The highest BCUT2D eigenvalue weighted by Crippen LogP contribution is 1.87. The Labute approximate surface area is 35.6 Å². The molecule has 0 bridgehead atoms. The zero-order chi connectivity index (χ0) is 4.12. The molecule has 3 heteroatoms. The lowest BCUT2D eigenvalue weighted by atomic mass is 11.0. The lowest BCUT2D eigenvalue weighted by Crippen LogP contribution is -1.63. The van der Waals surface area contributed by atoms with E-state index in [2.05, 4.69) is 6.92 Å². The third-order valence-electron chi connectivity index (χ3n) is 0.315. The first kappa shape index (κ1) is 5.32. The second-order valence-corrected chi connectivity index (χ2v) is 4.67. The predicted molar refractivity (Wildman–Crippen MR) is 26.6 cm³/mol. The van der Waals surface area contributed by atoms with Gasteiger partial charge in [0.1, 0.15) is 17.2 Å². The molecule has 0 fully saturated rings. The predicted octanol–water partition coefficient (Wildman–Crippen LogP) is 0.800. The Hall–Kier alpha value is 0.317. The van der Waals surface area contributed by atoms with E-state index in [1.54, 1.807) is 0 Å². The van der Waals surface area contributed by atoms with Crippen molar-refractivity contribution in [2.24, 2.45) is 0 Å². The molecule has 0 unspecified atom stereocenters. The van der Waals surface area contributed by atoms with Crippen LogP contribution in [0.1, 0.15) is 6.92 Å². The van der Waals surface area contributed by atoms with Crippen molar-refractivity contribution < 1.29 is 4.57 Å². The van der Waals surface area contributed by atoms with Gasteiger partial charge in [0.2, 0.25) is 0 Å². The molecule has 0 aliphatic carbocycles. The zero-order valence-corrected chi connectivity index (χ0v) is 5.58. The van der Waals surface area contributed by atoms with Crippen molar-refractivity contribution in [2.45, 2.75) is 13.0 Å². The second kappa shape index (κ2) is 4.32. The fraction of sp³-hybridized carbons (Fsp3) is 1.00. The van der Waals surface area contributed by atoms with Crippen LogP contribution in [-0.4, -0.2) is 9.19 Å². The van der Waals surface area contributed by atoms with Crippen molar-refractivity contribution in [3.8, 4) is 0 Å². The first-order valence-corrected chi connectivity index (χ1v) is 5.60. The lowest BCUT2D eigenvalue weighted by Gasteiger charge is -1.64. The molecule has 0 aliphatic heterocycles. The minimum Gasteiger partial charge on any atom is -0.283 e. The highest BCUT2D eigenvalue weighted by Gasteiger charge is 1.71. The number of rotatable bonds is 2. The van der Waals surface area contributed by atoms with E-state index in [1.807, 2.05) is 0 Å². The van der Waals surface area contributed by atoms with E-state index in [1.165, 1.54) is 0 Å². The van der Waals surface area contributed by atoms with Crippen LogP contribution in [0.15, 0.2) is 0 Å². The van der Waals surface area contributed by atoms with Crippen LogP contribution in [0.2, 0.25) is 6.04 Å². The molecule has 1 nitrogen and oxygen atoms in total. The van der Waals surface area contributed by atoms with Crippen molar-refractivity contribution in [1.82, 2.24) is 0 Å². The topological polar surface area (TPSA) is 17.1 Å². The molecule has 0 spiro atoms. The first-order chi connectivity index (χ1) is 2.41. The third kappa shape index (κ3) is 4.32. The van der Waals surface area contributed by atoms with Crippen LogP contribution in [0.5, 0.6) is 0 Å². The van der Waals surface area contributed by atoms with E-state index in [-0.39, 0.29) is 9.19 Å². The highest BCUT2D eigenvalue weighted by molar-refractivity contribution is 7.60. The molecule has 0 aromatic rings. The van der Waals surface area contributed by atoms with Crippen LogP contribution < -0.4 is 0 Å². The summed E-state index contributed by atoms with van der Waals surface area (Å²) in [5.74, 6) is 0. The number of hydrogen-bond acceptors (Lipinski definition) is 1. The molecule has 0 radical (unpaired) electrons. The molecule has 5 heavy (non-hydrogen) atoms. The normalized spacial score (nSPS) is 11.4. The van der Waals surface area contributed by atoms with Gasteiger partial charge in [-0.2, -0.15) is 0 Å². The molecule has 0 aromatic heterocycles. The molecule has 0 rings (SSSR count). The van der Waals surface area contributed by atoms with E-state index in [4.69, 9.17) is 0 Å². The van der Waals surface area contributed by atoms with E-state index >= 15 is 0 Å². The Kier molecular flexibility index (Phi) is 4.59. The Balaban J connectivity index is 2.40. The standard InChI is InChI=1S/C2H7OPSi/c1-2-5-4-3/h2,5H2,1H3. The summed E-state index contributed by atoms with van der Waals surface area (Å²) in [7, 11) is 0.267. The molecule has 0 amide bonds. The summed E-state index contributed by atoms with van der Waals surface area (Å²) in [6.45, 7) is 2.07. The molecule has 30 valence electrons. The van der Waals surface area contributed by atoms with E-state index in [9.17, 15) is 4.57 Å². The summed E-state index contributed by atoms with van der Waals surface area (Å²) in [5, 5.41) is 0. The maximum atomic E-state index is 9.56. The summed E-state index contributed by atoms with van der Waals surface area (Å²) in [5.41, 5.74) is 0. The fourth-order valence-electron chi connectivity index (χ4n) is 0.0913. The van der Waals surface area contributed by atoms with Crippen molar-refractivity contribution in [3.63, 3.8) is 0 Å². The fourth-order valence-corrected chi connectivity index (χ4v) is 0.822. The van der Waals surface area contributed by atoms with Gasteiger partial charge in [-0.25, -0.2) is 0 Å². The van der Waals surface area contributed by atoms with Crippen LogP contribution >= 0.6 is 8.01 Å². The first-order valence-electron chi connectivity index (χ1n) is 1.71. The second-order valence-electron chi connectivity index (χ2n) is 0.853. The molecule has 0 aliphatic rings. The summed E-state index contributed by atoms with van der Waals surface area (Å²) in [4.78, 5) is 0. The molecule has 0 saturated heterocycles. The van der Waals surface area contributed by atoms with E-state index in [0.717, 1.165) is 6.04 Å². The molecular weight excluding hydrogens is 99.1 g/mol. The van der Waals surface area contributed by atoms with Crippen molar-refractivity contribution in [3.05, 3.63) is 0 Å². The molecular formula is C2H7OPSi. The Morgan fingerprint density at radius 2 is 2.60 bits per heavy atom. The third-order valence-corrected chi connectivity index (χ3v) is 2.83. The van der Waals surface area contributed by atoms with Crippen LogP contribution in [0.25, 0.3) is 0 Å². The van der Waals surface area contributed by atoms with Gasteiger partial charge in [-0.3, -0.25) is 4.57 Å². The minimum absolute atomic E-state index is 0.151. The van der Waals surface area contributed by atoms with Gasteiger partial charge in [0.15, 0.2) is 0 Å². The van der Waals surface area contributed by atoms with E-state index < -0.39 is 0 Å². The minimum atomic E-state index is -0.151. The van der Waals surface area contributed by atoms with Crippen LogP contribution in [0.4, 0.5) is 0 Å². The van der Waals surface area contributed by atoms with Crippen LogP contribution in [0, 0.1) is 0 Å². The van der Waals surface area contributed by atoms with Gasteiger partial charge in [-0.15, -0.1) is 0 Å². The van der Waals surface area contributed by atoms with Crippen molar-refractivity contribution in [1.29, 1.82) is 0 Å². The molecule has 0 atom stereocenters. The summed E-state index contributed by atoms with van der Waals surface area (Å²) in [6.07, 6.45) is 0. The van der Waals surface area contributed by atoms with Crippen LogP contribution in [-0.2, 0) is 4.57 Å². The highest BCUT2D eigenvalue weighted by atomic mass is 31.3. The number of hydrogen-bond donors (Lipinski definition) is 0. The summed E-state index contributed by atoms with van der Waals surface area (Å²) < 4.78 is 9.56. The average molecular weight is 106 g/mol. The van der Waals surface area contributed by atoms with Gasteiger partial charge >= 0.3 is 0 Å². The smallest absolute Gasteiger partial charge is 0.132 e. The van der Waals surface area contributed by atoms with Gasteiger partial charge < -0.3 is 0 Å². The zero-order valence-electron chi connectivity index (χ0n) is 3.27. The van der Waals surface area contributed by atoms with Gasteiger partial charge in [0.25, 0.3) is 0 Å². The summed E-state index contributed by atoms with van der Waals surface area (Å²) in [6, 6.07) is 1.16. The maximum absolute atomic E-state index is 9.56. The maximum Gasteiger partial charge on any atom is 0.132 e. The Morgan fingerprint density at radius 1 is 2.00 bits per heavy atom. The van der Waals surface area contributed by atoms with Gasteiger partial charge in [-0.1, -0.05) is 13.0 Å². The largest absolute Gasteiger partial charge is 0.283 e. The van der Waals surface area contributed by atoms with Gasteiger partial charge in [0, 0.05) is 0 Å². The monoisotopic (exact) mass is 106 g/mol. The molecule has 0 aromatic carbocycles. The molecule has 0 saturated carbocycles. The quantitative estimate of drug-likeness (QED) is 0.376. The van der Waals surface area contributed by atoms with Crippen LogP contribution in [0.3, 0.4) is 0 Å². The van der Waals surface area contributed by atoms with Gasteiger partial charge in [0.05, 0.1) is 0 Å². The molecule has 0 heterocycles. The SMILES string of the molecule is CC[SiH2]P=O.